The van der Waals surface area contributed by atoms with Crippen molar-refractivity contribution < 1.29 is 14.9 Å². The zero-order valence-corrected chi connectivity index (χ0v) is 17.8. The number of aromatic amines is 1. The van der Waals surface area contributed by atoms with Crippen molar-refractivity contribution in [3.8, 4) is 23.0 Å². The SMILES string of the molecule is NCCc1c[nH]c2ccc(O)c(Oc3cc4c(cc3O)CCN=C4CCCN=C(N)N)c12. The number of nitrogens with two attached hydrogens (primary N) is 3. The lowest BCUT2D eigenvalue weighted by molar-refractivity contribution is 0.388. The van der Waals surface area contributed by atoms with Gasteiger partial charge in [0.15, 0.2) is 29.0 Å². The number of aromatic nitrogens is 1. The first-order valence-electron chi connectivity index (χ1n) is 10.6. The molecule has 0 aliphatic carbocycles. The van der Waals surface area contributed by atoms with Crippen LogP contribution in [0.25, 0.3) is 10.9 Å². The van der Waals surface area contributed by atoms with E-state index in [0.717, 1.165) is 46.1 Å². The van der Waals surface area contributed by atoms with Crippen LogP contribution in [0.15, 0.2) is 40.4 Å². The Labute approximate surface area is 185 Å². The number of fused-ring (bicyclic) bond motifs is 2. The number of ether oxygens (including phenoxy) is 1. The monoisotopic (exact) mass is 436 g/mol. The molecule has 9 heteroatoms. The minimum Gasteiger partial charge on any atom is -0.504 e. The van der Waals surface area contributed by atoms with Crippen LogP contribution in [-0.4, -0.2) is 46.5 Å². The van der Waals surface area contributed by atoms with Crippen molar-refractivity contribution in [2.75, 3.05) is 19.6 Å². The molecule has 0 atom stereocenters. The minimum atomic E-state index is -0.0152. The van der Waals surface area contributed by atoms with E-state index < -0.39 is 0 Å². The Kier molecular flexibility index (Phi) is 6.18. The maximum atomic E-state index is 10.7. The molecule has 0 saturated carbocycles. The number of nitrogens with one attached hydrogen (secondary N) is 1. The van der Waals surface area contributed by atoms with E-state index in [9.17, 15) is 10.2 Å². The maximum Gasteiger partial charge on any atom is 0.185 e. The summed E-state index contributed by atoms with van der Waals surface area (Å²) in [5, 5.41) is 21.9. The Morgan fingerprint density at radius 3 is 2.78 bits per heavy atom. The molecule has 0 unspecified atom stereocenters. The van der Waals surface area contributed by atoms with Gasteiger partial charge in [0.05, 0.1) is 0 Å². The predicted octanol–water partition coefficient (Wildman–Crippen LogP) is 2.27. The fourth-order valence-electron chi connectivity index (χ4n) is 4.05. The van der Waals surface area contributed by atoms with Crippen molar-refractivity contribution >= 4 is 22.6 Å². The van der Waals surface area contributed by atoms with Gasteiger partial charge in [-0.2, -0.15) is 0 Å². The van der Waals surface area contributed by atoms with Gasteiger partial charge in [-0.1, -0.05) is 0 Å². The van der Waals surface area contributed by atoms with Gasteiger partial charge in [-0.25, -0.2) is 0 Å². The Hall–Kier alpha value is -3.72. The number of hydrogen-bond acceptors (Lipinski definition) is 6. The van der Waals surface area contributed by atoms with Crippen LogP contribution in [0, 0.1) is 0 Å². The number of guanidine groups is 1. The number of aromatic hydroxyl groups is 2. The van der Waals surface area contributed by atoms with Crippen molar-refractivity contribution in [1.29, 1.82) is 0 Å². The van der Waals surface area contributed by atoms with Gasteiger partial charge in [0.25, 0.3) is 0 Å². The van der Waals surface area contributed by atoms with Crippen molar-refractivity contribution in [3.05, 3.63) is 47.2 Å². The van der Waals surface area contributed by atoms with Crippen molar-refractivity contribution in [3.63, 3.8) is 0 Å². The van der Waals surface area contributed by atoms with Crippen LogP contribution in [0.3, 0.4) is 0 Å². The van der Waals surface area contributed by atoms with Crippen LogP contribution in [0.2, 0.25) is 0 Å². The molecular weight excluding hydrogens is 408 g/mol. The Balaban J connectivity index is 1.67. The van der Waals surface area contributed by atoms with E-state index in [0.29, 0.717) is 32.5 Å². The summed E-state index contributed by atoms with van der Waals surface area (Å²) in [6.07, 6.45) is 4.67. The molecular formula is C23H28N6O3. The summed E-state index contributed by atoms with van der Waals surface area (Å²) >= 11 is 0. The lowest BCUT2D eigenvalue weighted by Crippen LogP contribution is -2.23. The Morgan fingerprint density at radius 2 is 2.00 bits per heavy atom. The third kappa shape index (κ3) is 4.33. The summed E-state index contributed by atoms with van der Waals surface area (Å²) in [5.74, 6) is 0.607. The highest BCUT2D eigenvalue weighted by atomic mass is 16.5. The van der Waals surface area contributed by atoms with E-state index in [1.807, 2.05) is 6.20 Å². The van der Waals surface area contributed by atoms with Gasteiger partial charge >= 0.3 is 0 Å². The molecule has 1 aromatic heterocycles. The molecule has 0 bridgehead atoms. The second kappa shape index (κ2) is 9.19. The molecule has 2 heterocycles. The third-order valence-corrected chi connectivity index (χ3v) is 5.53. The van der Waals surface area contributed by atoms with Gasteiger partial charge in [-0.15, -0.1) is 0 Å². The number of phenols is 2. The average molecular weight is 437 g/mol. The molecule has 9 nitrogen and oxygen atoms in total. The predicted molar refractivity (Wildman–Crippen MR) is 126 cm³/mol. The largest absolute Gasteiger partial charge is 0.504 e. The van der Waals surface area contributed by atoms with Crippen LogP contribution in [0.4, 0.5) is 0 Å². The van der Waals surface area contributed by atoms with Crippen LogP contribution in [-0.2, 0) is 12.8 Å². The molecule has 0 spiro atoms. The fourth-order valence-corrected chi connectivity index (χ4v) is 4.05. The molecule has 0 fully saturated rings. The summed E-state index contributed by atoms with van der Waals surface area (Å²) in [5.41, 5.74) is 21.2. The highest BCUT2D eigenvalue weighted by Crippen LogP contribution is 2.43. The van der Waals surface area contributed by atoms with Gasteiger partial charge in [0.1, 0.15) is 0 Å². The van der Waals surface area contributed by atoms with Gasteiger partial charge in [0, 0.05) is 41.5 Å². The number of rotatable bonds is 8. The second-order valence-corrected chi connectivity index (χ2v) is 7.76. The van der Waals surface area contributed by atoms with Gasteiger partial charge in [-0.3, -0.25) is 9.98 Å². The van der Waals surface area contributed by atoms with E-state index in [1.54, 1.807) is 24.3 Å². The van der Waals surface area contributed by atoms with Crippen LogP contribution in [0.1, 0.15) is 29.5 Å². The van der Waals surface area contributed by atoms with E-state index in [4.69, 9.17) is 21.9 Å². The fraction of sp³-hybridized carbons (Fsp3) is 0.304. The van der Waals surface area contributed by atoms with Crippen molar-refractivity contribution in [1.82, 2.24) is 4.98 Å². The zero-order valence-electron chi connectivity index (χ0n) is 17.8. The van der Waals surface area contributed by atoms with E-state index >= 15 is 0 Å². The van der Waals surface area contributed by atoms with E-state index in [2.05, 4.69) is 15.0 Å². The summed E-state index contributed by atoms with van der Waals surface area (Å²) in [4.78, 5) is 11.9. The first-order valence-corrected chi connectivity index (χ1v) is 10.6. The van der Waals surface area contributed by atoms with Gasteiger partial charge < -0.3 is 37.1 Å². The van der Waals surface area contributed by atoms with Crippen LogP contribution in [0.5, 0.6) is 23.0 Å². The highest BCUT2D eigenvalue weighted by molar-refractivity contribution is 6.03. The maximum absolute atomic E-state index is 10.7. The summed E-state index contributed by atoms with van der Waals surface area (Å²) in [6, 6.07) is 6.85. The first-order chi connectivity index (χ1) is 15.5. The molecule has 0 radical (unpaired) electrons. The molecule has 2 aromatic carbocycles. The van der Waals surface area contributed by atoms with Crippen LogP contribution >= 0.6 is 0 Å². The molecule has 1 aliphatic rings. The molecule has 0 saturated heterocycles. The molecule has 32 heavy (non-hydrogen) atoms. The molecule has 168 valence electrons. The number of hydrogen-bond donors (Lipinski definition) is 6. The van der Waals surface area contributed by atoms with E-state index in [1.165, 1.54) is 0 Å². The third-order valence-electron chi connectivity index (χ3n) is 5.53. The number of aliphatic imine (C=N–C) groups is 2. The minimum absolute atomic E-state index is 0.0119. The standard InChI is InChI=1S/C23H28N6O3/c24-7-5-14-12-29-17-3-4-18(30)22(21(14)17)32-20-11-15-13(10-19(20)31)6-9-27-16(15)2-1-8-28-23(25)26/h3-4,10-12,29-31H,1-2,5-9,24H2,(H4,25,26,28). The topological polar surface area (TPSA) is 168 Å². The normalized spacial score (nSPS) is 13.0. The molecule has 9 N–H and O–H groups in total. The van der Waals surface area contributed by atoms with Crippen molar-refractivity contribution in [2.24, 2.45) is 27.2 Å². The highest BCUT2D eigenvalue weighted by Gasteiger charge is 2.21. The molecule has 1 aliphatic heterocycles. The lowest BCUT2D eigenvalue weighted by Gasteiger charge is -2.20. The Morgan fingerprint density at radius 1 is 1.16 bits per heavy atom. The Bertz CT molecular complexity index is 1190. The summed E-state index contributed by atoms with van der Waals surface area (Å²) in [7, 11) is 0. The van der Waals surface area contributed by atoms with Gasteiger partial charge in [-0.05, 0) is 67.6 Å². The summed E-state index contributed by atoms with van der Waals surface area (Å²) < 4.78 is 6.10. The van der Waals surface area contributed by atoms with Gasteiger partial charge in [0.2, 0.25) is 0 Å². The molecule has 3 aromatic rings. The molecule has 4 rings (SSSR count). The van der Waals surface area contributed by atoms with E-state index in [-0.39, 0.29) is 29.0 Å². The van der Waals surface area contributed by atoms with Crippen molar-refractivity contribution in [2.45, 2.75) is 25.7 Å². The number of H-pyrrole nitrogens is 1. The molecule has 0 amide bonds. The number of phenolic OH excluding ortho intramolecular Hbond substituents is 2. The smallest absolute Gasteiger partial charge is 0.185 e. The quantitative estimate of drug-likeness (QED) is 0.180. The number of nitrogens with zero attached hydrogens (tertiary/aromatic N) is 2. The average Bonchev–Trinajstić information content (AvgIpc) is 3.17. The van der Waals surface area contributed by atoms with Crippen LogP contribution < -0.4 is 21.9 Å². The first kappa shape index (κ1) is 21.5. The second-order valence-electron chi connectivity index (χ2n) is 7.76. The lowest BCUT2D eigenvalue weighted by atomic mass is 9.94. The number of benzene rings is 2. The summed E-state index contributed by atoms with van der Waals surface area (Å²) in [6.45, 7) is 1.65. The zero-order chi connectivity index (χ0) is 22.7.